The zero-order valence-corrected chi connectivity index (χ0v) is 11.8. The predicted molar refractivity (Wildman–Crippen MR) is 71.7 cm³/mol. The summed E-state index contributed by atoms with van der Waals surface area (Å²) >= 11 is 0. The Hall–Kier alpha value is -1.98. The van der Waals surface area contributed by atoms with E-state index in [0.29, 0.717) is 13.0 Å². The van der Waals surface area contributed by atoms with Crippen molar-refractivity contribution in [1.29, 1.82) is 0 Å². The maximum absolute atomic E-state index is 13.7. The molecule has 0 saturated carbocycles. The minimum absolute atomic E-state index is 0.214. The quantitative estimate of drug-likeness (QED) is 0.805. The molecule has 1 fully saturated rings. The van der Waals surface area contributed by atoms with Gasteiger partial charge in [0.05, 0.1) is 12.2 Å². The van der Waals surface area contributed by atoms with Crippen LogP contribution in [0.4, 0.5) is 8.78 Å². The van der Waals surface area contributed by atoms with E-state index in [1.165, 1.54) is 4.90 Å². The molecule has 1 amide bonds. The summed E-state index contributed by atoms with van der Waals surface area (Å²) in [5.41, 5.74) is -0.355. The van der Waals surface area contributed by atoms with Crippen LogP contribution in [-0.4, -0.2) is 36.0 Å². The van der Waals surface area contributed by atoms with Crippen LogP contribution < -0.4 is 0 Å². The van der Waals surface area contributed by atoms with Gasteiger partial charge in [0.25, 0.3) is 5.91 Å². The van der Waals surface area contributed by atoms with Crippen LogP contribution in [0, 0.1) is 11.6 Å². The summed E-state index contributed by atoms with van der Waals surface area (Å²) in [6.45, 7) is 2.23. The van der Waals surface area contributed by atoms with Crippen LogP contribution in [0.2, 0.25) is 0 Å². The molecule has 0 aromatic heterocycles. The standard InChI is InChI=1S/C15H17F2NO3/c1-2-21-15(20)13-5-3-4-8-18(13)14(19)11-9-10(16)6-7-12(11)17/h6-7,9,13H,2-5,8H2,1H3. The van der Waals surface area contributed by atoms with Crippen molar-refractivity contribution in [3.8, 4) is 0 Å². The third kappa shape index (κ3) is 3.37. The molecule has 1 heterocycles. The zero-order chi connectivity index (χ0) is 15.4. The summed E-state index contributed by atoms with van der Waals surface area (Å²) < 4.78 is 31.9. The average Bonchev–Trinajstić information content (AvgIpc) is 2.49. The van der Waals surface area contributed by atoms with Gasteiger partial charge in [0.1, 0.15) is 17.7 Å². The van der Waals surface area contributed by atoms with Crippen molar-refractivity contribution in [3.05, 3.63) is 35.4 Å². The van der Waals surface area contributed by atoms with Gasteiger partial charge in [0.2, 0.25) is 0 Å². The molecule has 1 unspecified atom stereocenters. The first kappa shape index (κ1) is 15.4. The van der Waals surface area contributed by atoms with E-state index in [0.717, 1.165) is 31.0 Å². The third-order valence-electron chi connectivity index (χ3n) is 3.48. The van der Waals surface area contributed by atoms with Crippen molar-refractivity contribution >= 4 is 11.9 Å². The van der Waals surface area contributed by atoms with Crippen LogP contribution in [0.3, 0.4) is 0 Å². The number of halogens is 2. The van der Waals surface area contributed by atoms with E-state index in [9.17, 15) is 18.4 Å². The normalized spacial score (nSPS) is 18.4. The number of rotatable bonds is 3. The topological polar surface area (TPSA) is 46.6 Å². The minimum atomic E-state index is -0.797. The Bertz CT molecular complexity index is 548. The van der Waals surface area contributed by atoms with Gasteiger partial charge in [0, 0.05) is 6.54 Å². The Balaban J connectivity index is 2.26. The number of carbonyl (C=O) groups excluding carboxylic acids is 2. The molecule has 6 heteroatoms. The first-order chi connectivity index (χ1) is 10.0. The lowest BCUT2D eigenvalue weighted by Crippen LogP contribution is -2.48. The second-order valence-electron chi connectivity index (χ2n) is 4.89. The lowest BCUT2D eigenvalue weighted by molar-refractivity contribution is -0.149. The van der Waals surface area contributed by atoms with Gasteiger partial charge in [-0.3, -0.25) is 4.79 Å². The van der Waals surface area contributed by atoms with Crippen LogP contribution in [0.15, 0.2) is 18.2 Å². The maximum Gasteiger partial charge on any atom is 0.328 e. The van der Waals surface area contributed by atoms with Crippen LogP contribution in [0.1, 0.15) is 36.5 Å². The molecule has 0 radical (unpaired) electrons. The number of hydrogen-bond donors (Lipinski definition) is 0. The van der Waals surface area contributed by atoms with Crippen molar-refractivity contribution < 1.29 is 23.1 Å². The lowest BCUT2D eigenvalue weighted by atomic mass is 10.0. The number of amides is 1. The highest BCUT2D eigenvalue weighted by Crippen LogP contribution is 2.22. The molecule has 1 aromatic carbocycles. The van der Waals surface area contributed by atoms with Gasteiger partial charge in [-0.1, -0.05) is 0 Å². The number of carbonyl (C=O) groups is 2. The van der Waals surface area contributed by atoms with E-state index in [1.807, 2.05) is 0 Å². The Morgan fingerprint density at radius 1 is 1.33 bits per heavy atom. The van der Waals surface area contributed by atoms with Crippen molar-refractivity contribution in [3.63, 3.8) is 0 Å². The summed E-state index contributed by atoms with van der Waals surface area (Å²) in [5, 5.41) is 0. The smallest absolute Gasteiger partial charge is 0.328 e. The predicted octanol–water partition coefficient (Wildman–Crippen LogP) is 2.52. The fraction of sp³-hybridized carbons (Fsp3) is 0.467. The van der Waals surface area contributed by atoms with Gasteiger partial charge >= 0.3 is 5.97 Å². The van der Waals surface area contributed by atoms with E-state index in [2.05, 4.69) is 0 Å². The number of benzene rings is 1. The summed E-state index contributed by atoms with van der Waals surface area (Å²) in [7, 11) is 0. The fourth-order valence-corrected chi connectivity index (χ4v) is 2.47. The molecule has 1 atom stereocenters. The molecule has 1 aliphatic heterocycles. The molecule has 114 valence electrons. The first-order valence-corrected chi connectivity index (χ1v) is 6.97. The number of esters is 1. The maximum atomic E-state index is 13.7. The number of nitrogens with zero attached hydrogens (tertiary/aromatic N) is 1. The number of hydrogen-bond acceptors (Lipinski definition) is 3. The largest absolute Gasteiger partial charge is 0.464 e. The molecule has 1 saturated heterocycles. The average molecular weight is 297 g/mol. The SMILES string of the molecule is CCOC(=O)C1CCCCN1C(=O)c1cc(F)ccc1F. The molecule has 0 aliphatic carbocycles. The summed E-state index contributed by atoms with van der Waals surface area (Å²) in [5.74, 6) is -2.66. The molecule has 0 bridgehead atoms. The van der Waals surface area contributed by atoms with Gasteiger partial charge in [-0.05, 0) is 44.4 Å². The molecule has 21 heavy (non-hydrogen) atoms. The molecule has 2 rings (SSSR count). The van der Waals surface area contributed by atoms with Gasteiger partial charge in [0.15, 0.2) is 0 Å². The van der Waals surface area contributed by atoms with E-state index in [1.54, 1.807) is 6.92 Å². The molecule has 1 aromatic rings. The Labute approximate surface area is 121 Å². The Kier molecular flexibility index (Phi) is 4.88. The summed E-state index contributed by atoms with van der Waals surface area (Å²) in [6.07, 6.45) is 1.99. The molecular formula is C15H17F2NO3. The molecule has 0 N–H and O–H groups in total. The minimum Gasteiger partial charge on any atom is -0.464 e. The van der Waals surface area contributed by atoms with Gasteiger partial charge in [-0.15, -0.1) is 0 Å². The highest BCUT2D eigenvalue weighted by molar-refractivity contribution is 5.97. The third-order valence-corrected chi connectivity index (χ3v) is 3.48. The first-order valence-electron chi connectivity index (χ1n) is 6.97. The van der Waals surface area contributed by atoms with Gasteiger partial charge in [-0.2, -0.15) is 0 Å². The molecule has 0 spiro atoms. The number of likely N-dealkylation sites (tertiary alicyclic amines) is 1. The van der Waals surface area contributed by atoms with Crippen molar-refractivity contribution in [2.75, 3.05) is 13.2 Å². The second-order valence-corrected chi connectivity index (χ2v) is 4.89. The van der Waals surface area contributed by atoms with E-state index >= 15 is 0 Å². The second kappa shape index (κ2) is 6.65. The molecular weight excluding hydrogens is 280 g/mol. The van der Waals surface area contributed by atoms with Crippen molar-refractivity contribution in [2.24, 2.45) is 0 Å². The van der Waals surface area contributed by atoms with Crippen LogP contribution in [0.5, 0.6) is 0 Å². The van der Waals surface area contributed by atoms with Crippen LogP contribution >= 0.6 is 0 Å². The molecule has 4 nitrogen and oxygen atoms in total. The van der Waals surface area contributed by atoms with Crippen molar-refractivity contribution in [2.45, 2.75) is 32.2 Å². The van der Waals surface area contributed by atoms with E-state index in [4.69, 9.17) is 4.74 Å². The summed E-state index contributed by atoms with van der Waals surface area (Å²) in [4.78, 5) is 25.6. The Morgan fingerprint density at radius 2 is 2.10 bits per heavy atom. The Morgan fingerprint density at radius 3 is 2.81 bits per heavy atom. The summed E-state index contributed by atoms with van der Waals surface area (Å²) in [6, 6.07) is 1.99. The monoisotopic (exact) mass is 297 g/mol. The molecule has 1 aliphatic rings. The lowest BCUT2D eigenvalue weighted by Gasteiger charge is -2.34. The van der Waals surface area contributed by atoms with E-state index in [-0.39, 0.29) is 12.2 Å². The van der Waals surface area contributed by atoms with Crippen LogP contribution in [-0.2, 0) is 9.53 Å². The highest BCUT2D eigenvalue weighted by Gasteiger charge is 2.34. The number of ether oxygens (including phenoxy) is 1. The van der Waals surface area contributed by atoms with Gasteiger partial charge in [-0.25, -0.2) is 13.6 Å². The van der Waals surface area contributed by atoms with E-state index < -0.39 is 29.6 Å². The van der Waals surface area contributed by atoms with Crippen LogP contribution in [0.25, 0.3) is 0 Å². The highest BCUT2D eigenvalue weighted by atomic mass is 19.1. The van der Waals surface area contributed by atoms with Crippen molar-refractivity contribution in [1.82, 2.24) is 4.90 Å². The fourth-order valence-electron chi connectivity index (χ4n) is 2.47. The zero-order valence-electron chi connectivity index (χ0n) is 11.8. The number of piperidine rings is 1. The van der Waals surface area contributed by atoms with Gasteiger partial charge < -0.3 is 9.64 Å².